The summed E-state index contributed by atoms with van der Waals surface area (Å²) in [4.78, 5) is 11.8. The number of hydrogen-bond donors (Lipinski definition) is 2. The van der Waals surface area contributed by atoms with E-state index < -0.39 is 5.97 Å². The molecule has 0 radical (unpaired) electrons. The minimum atomic E-state index is -0.427. The Morgan fingerprint density at radius 3 is 2.67 bits per heavy atom. The molecular formula is C16H18N2O3. The number of nitrogens with one attached hydrogen (secondary N) is 1. The largest absolute Gasteiger partial charge is 0.497 e. The van der Waals surface area contributed by atoms with Crippen molar-refractivity contribution in [2.45, 2.75) is 6.92 Å². The van der Waals surface area contributed by atoms with Crippen molar-refractivity contribution in [1.82, 2.24) is 0 Å². The molecule has 0 fully saturated rings. The van der Waals surface area contributed by atoms with Gasteiger partial charge in [0.15, 0.2) is 0 Å². The highest BCUT2D eigenvalue weighted by molar-refractivity contribution is 5.96. The minimum absolute atomic E-state index is 0.311. The minimum Gasteiger partial charge on any atom is -0.497 e. The van der Waals surface area contributed by atoms with Crippen LogP contribution in [0.1, 0.15) is 17.3 Å². The molecule has 0 aliphatic heterocycles. The number of esters is 1. The lowest BCUT2D eigenvalue weighted by atomic mass is 10.1. The maximum absolute atomic E-state index is 11.8. The topological polar surface area (TPSA) is 73.6 Å². The molecule has 21 heavy (non-hydrogen) atoms. The van der Waals surface area contributed by atoms with Crippen molar-refractivity contribution >= 4 is 23.0 Å². The standard InChI is InChI=1S/C16H18N2O3/c1-3-21-16(19)14-10-12(7-8-15(14)17)18-11-5-4-6-13(9-11)20-2/h4-10,18H,3,17H2,1-2H3. The Balaban J connectivity index is 2.24. The molecule has 0 spiro atoms. The van der Waals surface area contributed by atoms with Crippen LogP contribution in [0.5, 0.6) is 5.75 Å². The summed E-state index contributed by atoms with van der Waals surface area (Å²) in [7, 11) is 1.61. The highest BCUT2D eigenvalue weighted by Gasteiger charge is 2.11. The van der Waals surface area contributed by atoms with Crippen molar-refractivity contribution in [3.05, 3.63) is 48.0 Å². The van der Waals surface area contributed by atoms with Gasteiger partial charge in [0.2, 0.25) is 0 Å². The fraction of sp³-hybridized carbons (Fsp3) is 0.188. The number of carbonyl (C=O) groups is 1. The molecule has 0 atom stereocenters. The average molecular weight is 286 g/mol. The van der Waals surface area contributed by atoms with E-state index in [2.05, 4.69) is 5.32 Å². The molecule has 5 nitrogen and oxygen atoms in total. The van der Waals surface area contributed by atoms with Crippen molar-refractivity contribution in [2.75, 3.05) is 24.8 Å². The Hall–Kier alpha value is -2.69. The lowest BCUT2D eigenvalue weighted by Gasteiger charge is -2.11. The normalized spacial score (nSPS) is 10.0. The Kier molecular flexibility index (Phi) is 4.66. The first-order valence-electron chi connectivity index (χ1n) is 6.61. The van der Waals surface area contributed by atoms with E-state index >= 15 is 0 Å². The lowest BCUT2D eigenvalue weighted by molar-refractivity contribution is 0.0527. The van der Waals surface area contributed by atoms with Gasteiger partial charge in [0.05, 0.1) is 19.3 Å². The molecule has 0 saturated heterocycles. The van der Waals surface area contributed by atoms with E-state index in [1.54, 1.807) is 32.2 Å². The van der Waals surface area contributed by atoms with Gasteiger partial charge < -0.3 is 20.5 Å². The molecule has 0 aliphatic carbocycles. The summed E-state index contributed by atoms with van der Waals surface area (Å²) in [6.45, 7) is 2.07. The monoisotopic (exact) mass is 286 g/mol. The Morgan fingerprint density at radius 1 is 1.19 bits per heavy atom. The molecule has 0 saturated carbocycles. The number of benzene rings is 2. The van der Waals surface area contributed by atoms with Crippen LogP contribution in [-0.2, 0) is 4.74 Å². The predicted octanol–water partition coefficient (Wildman–Crippen LogP) is 3.20. The summed E-state index contributed by atoms with van der Waals surface area (Å²) in [5, 5.41) is 3.20. The van der Waals surface area contributed by atoms with Gasteiger partial charge in [0.25, 0.3) is 0 Å². The fourth-order valence-corrected chi connectivity index (χ4v) is 1.89. The van der Waals surface area contributed by atoms with Crippen LogP contribution in [0.25, 0.3) is 0 Å². The van der Waals surface area contributed by atoms with Gasteiger partial charge in [0.1, 0.15) is 5.75 Å². The van der Waals surface area contributed by atoms with Gasteiger partial charge in [-0.15, -0.1) is 0 Å². The first-order valence-corrected chi connectivity index (χ1v) is 6.61. The number of nitrogen functional groups attached to an aromatic ring is 1. The highest BCUT2D eigenvalue weighted by atomic mass is 16.5. The van der Waals surface area contributed by atoms with Crippen molar-refractivity contribution in [3.8, 4) is 5.75 Å². The third-order valence-corrected chi connectivity index (χ3v) is 2.91. The summed E-state index contributed by atoms with van der Waals surface area (Å²) in [5.41, 5.74) is 8.16. The number of nitrogens with two attached hydrogens (primary N) is 1. The van der Waals surface area contributed by atoms with Crippen LogP contribution in [0, 0.1) is 0 Å². The van der Waals surface area contributed by atoms with Crippen molar-refractivity contribution in [1.29, 1.82) is 0 Å². The molecular weight excluding hydrogens is 268 g/mol. The summed E-state index contributed by atoms with van der Waals surface area (Å²) in [5.74, 6) is 0.324. The zero-order valence-corrected chi connectivity index (χ0v) is 12.1. The number of anilines is 3. The quantitative estimate of drug-likeness (QED) is 0.652. The molecule has 0 unspecified atom stereocenters. The molecule has 0 amide bonds. The Bertz CT molecular complexity index is 641. The first-order chi connectivity index (χ1) is 10.1. The third-order valence-electron chi connectivity index (χ3n) is 2.91. The van der Waals surface area contributed by atoms with Gasteiger partial charge in [-0.2, -0.15) is 0 Å². The number of methoxy groups -OCH3 is 1. The summed E-state index contributed by atoms with van der Waals surface area (Å²) in [6.07, 6.45) is 0. The maximum Gasteiger partial charge on any atom is 0.340 e. The van der Waals surface area contributed by atoms with Gasteiger partial charge in [-0.3, -0.25) is 0 Å². The average Bonchev–Trinajstić information content (AvgIpc) is 2.49. The zero-order valence-electron chi connectivity index (χ0n) is 12.1. The second-order valence-corrected chi connectivity index (χ2v) is 4.38. The van der Waals surface area contributed by atoms with E-state index in [1.807, 2.05) is 24.3 Å². The Morgan fingerprint density at radius 2 is 1.95 bits per heavy atom. The summed E-state index contributed by atoms with van der Waals surface area (Å²) in [6, 6.07) is 12.7. The lowest BCUT2D eigenvalue weighted by Crippen LogP contribution is -2.08. The van der Waals surface area contributed by atoms with E-state index in [0.717, 1.165) is 17.1 Å². The van der Waals surface area contributed by atoms with Crippen LogP contribution >= 0.6 is 0 Å². The van der Waals surface area contributed by atoms with Crippen LogP contribution < -0.4 is 15.8 Å². The second kappa shape index (κ2) is 6.65. The third kappa shape index (κ3) is 3.66. The molecule has 110 valence electrons. The van der Waals surface area contributed by atoms with Crippen molar-refractivity contribution in [2.24, 2.45) is 0 Å². The molecule has 0 aliphatic rings. The number of hydrogen-bond acceptors (Lipinski definition) is 5. The van der Waals surface area contributed by atoms with Crippen LogP contribution in [0.15, 0.2) is 42.5 Å². The SMILES string of the molecule is CCOC(=O)c1cc(Nc2cccc(OC)c2)ccc1N. The van der Waals surface area contributed by atoms with Crippen molar-refractivity contribution in [3.63, 3.8) is 0 Å². The predicted molar refractivity (Wildman–Crippen MR) is 83.1 cm³/mol. The highest BCUT2D eigenvalue weighted by Crippen LogP contribution is 2.24. The van der Waals surface area contributed by atoms with Gasteiger partial charge in [-0.1, -0.05) is 6.07 Å². The molecule has 0 bridgehead atoms. The van der Waals surface area contributed by atoms with E-state index in [-0.39, 0.29) is 0 Å². The van der Waals surface area contributed by atoms with Crippen LogP contribution in [0.4, 0.5) is 17.1 Å². The first kappa shape index (κ1) is 14.7. The second-order valence-electron chi connectivity index (χ2n) is 4.38. The van der Waals surface area contributed by atoms with Crippen molar-refractivity contribution < 1.29 is 14.3 Å². The molecule has 2 aromatic carbocycles. The van der Waals surface area contributed by atoms with E-state index in [4.69, 9.17) is 15.2 Å². The molecule has 0 aromatic heterocycles. The van der Waals surface area contributed by atoms with Gasteiger partial charge in [-0.05, 0) is 37.3 Å². The molecule has 0 heterocycles. The van der Waals surface area contributed by atoms with Crippen LogP contribution in [-0.4, -0.2) is 19.7 Å². The Labute approximate surface area is 123 Å². The van der Waals surface area contributed by atoms with E-state index in [9.17, 15) is 4.79 Å². The number of rotatable bonds is 5. The fourth-order valence-electron chi connectivity index (χ4n) is 1.89. The number of ether oxygens (including phenoxy) is 2. The van der Waals surface area contributed by atoms with Crippen LogP contribution in [0.2, 0.25) is 0 Å². The number of carbonyl (C=O) groups excluding carboxylic acids is 1. The maximum atomic E-state index is 11.8. The van der Waals surface area contributed by atoms with Gasteiger partial charge >= 0.3 is 5.97 Å². The zero-order chi connectivity index (χ0) is 15.2. The summed E-state index contributed by atoms with van der Waals surface area (Å²) < 4.78 is 10.2. The molecule has 3 N–H and O–H groups in total. The molecule has 2 aromatic rings. The van der Waals surface area contributed by atoms with Gasteiger partial charge in [-0.25, -0.2) is 4.79 Å². The van der Waals surface area contributed by atoms with Crippen LogP contribution in [0.3, 0.4) is 0 Å². The van der Waals surface area contributed by atoms with Gasteiger partial charge in [0, 0.05) is 23.1 Å². The molecule has 5 heteroatoms. The smallest absolute Gasteiger partial charge is 0.340 e. The van der Waals surface area contributed by atoms with E-state index in [0.29, 0.717) is 17.9 Å². The summed E-state index contributed by atoms with van der Waals surface area (Å²) >= 11 is 0. The molecule has 2 rings (SSSR count). The van der Waals surface area contributed by atoms with E-state index in [1.165, 1.54) is 0 Å².